The second kappa shape index (κ2) is 8.70. The molecule has 1 N–H and O–H groups in total. The summed E-state index contributed by atoms with van der Waals surface area (Å²) in [7, 11) is 1.66. The molecular weight excluding hydrogens is 314 g/mol. The lowest BCUT2D eigenvalue weighted by Gasteiger charge is -2.30. The fourth-order valence-corrected chi connectivity index (χ4v) is 3.56. The number of rotatable bonds is 6. The van der Waals surface area contributed by atoms with Crippen molar-refractivity contribution in [2.45, 2.75) is 84.3 Å². The number of methoxy groups -OCH3 is 1. The van der Waals surface area contributed by atoms with Crippen molar-refractivity contribution in [3.8, 4) is 5.75 Å². The third kappa shape index (κ3) is 4.75. The predicted octanol–water partition coefficient (Wildman–Crippen LogP) is 5.16. The van der Waals surface area contributed by atoms with Gasteiger partial charge >= 0.3 is 0 Å². The Balaban J connectivity index is 2.17. The van der Waals surface area contributed by atoms with Gasteiger partial charge in [-0.05, 0) is 63.3 Å². The largest absolute Gasteiger partial charge is 0.490 e. The molecule has 0 bridgehead atoms. The zero-order valence-corrected chi connectivity index (χ0v) is 16.4. The lowest BCUT2D eigenvalue weighted by atomic mass is 9.93. The van der Waals surface area contributed by atoms with Gasteiger partial charge in [-0.25, -0.2) is 0 Å². The second-order valence-electron chi connectivity index (χ2n) is 7.34. The molecule has 25 heavy (non-hydrogen) atoms. The number of carbonyl (C=O) groups excluding carboxylic acids is 1. The van der Waals surface area contributed by atoms with E-state index in [0.29, 0.717) is 0 Å². The first kappa shape index (κ1) is 19.8. The number of anilines is 1. The highest BCUT2D eigenvalue weighted by Gasteiger charge is 2.38. The van der Waals surface area contributed by atoms with Crippen LogP contribution in [0.2, 0.25) is 0 Å². The summed E-state index contributed by atoms with van der Waals surface area (Å²) in [6.07, 6.45) is 7.18. The molecule has 140 valence electrons. The normalized spacial score (nSPS) is 18.3. The van der Waals surface area contributed by atoms with Crippen molar-refractivity contribution >= 4 is 11.6 Å². The molecule has 0 spiro atoms. The number of ether oxygens (including phenoxy) is 2. The molecule has 0 radical (unpaired) electrons. The van der Waals surface area contributed by atoms with Gasteiger partial charge in [0.1, 0.15) is 11.4 Å². The molecule has 1 atom stereocenters. The molecule has 1 amide bonds. The highest BCUT2D eigenvalue weighted by Crippen LogP contribution is 2.33. The first-order valence-corrected chi connectivity index (χ1v) is 9.56. The van der Waals surface area contributed by atoms with E-state index in [0.717, 1.165) is 54.7 Å². The minimum atomic E-state index is -0.690. The topological polar surface area (TPSA) is 47.6 Å². The van der Waals surface area contributed by atoms with Gasteiger partial charge in [0.15, 0.2) is 0 Å². The molecule has 0 heterocycles. The lowest BCUT2D eigenvalue weighted by molar-refractivity contribution is -0.139. The first-order valence-electron chi connectivity index (χ1n) is 9.56. The lowest BCUT2D eigenvalue weighted by Crippen LogP contribution is -2.44. The molecule has 1 aliphatic rings. The third-order valence-electron chi connectivity index (χ3n) is 5.33. The van der Waals surface area contributed by atoms with E-state index < -0.39 is 5.60 Å². The zero-order valence-electron chi connectivity index (χ0n) is 16.4. The fourth-order valence-electron chi connectivity index (χ4n) is 3.56. The molecule has 0 aromatic heterocycles. The van der Waals surface area contributed by atoms with Gasteiger partial charge < -0.3 is 14.8 Å². The summed E-state index contributed by atoms with van der Waals surface area (Å²) in [5, 5.41) is 3.09. The SMILES string of the molecule is CC[C@H](C)Oc1c(C)cc(NC(=O)C2(OC)CCCCCC2)cc1C. The van der Waals surface area contributed by atoms with Gasteiger partial charge in [0.2, 0.25) is 0 Å². The van der Waals surface area contributed by atoms with E-state index in [9.17, 15) is 4.79 Å². The molecule has 1 aromatic rings. The molecular formula is C21H33NO3. The Morgan fingerprint density at radius 3 is 2.20 bits per heavy atom. The summed E-state index contributed by atoms with van der Waals surface area (Å²) in [6, 6.07) is 3.98. The van der Waals surface area contributed by atoms with Crippen molar-refractivity contribution in [3.05, 3.63) is 23.3 Å². The molecule has 4 heteroatoms. The van der Waals surface area contributed by atoms with E-state index in [4.69, 9.17) is 9.47 Å². The van der Waals surface area contributed by atoms with E-state index in [-0.39, 0.29) is 12.0 Å². The Labute approximate surface area is 152 Å². The Hall–Kier alpha value is -1.55. The van der Waals surface area contributed by atoms with Crippen molar-refractivity contribution in [3.63, 3.8) is 0 Å². The van der Waals surface area contributed by atoms with Crippen molar-refractivity contribution in [1.29, 1.82) is 0 Å². The van der Waals surface area contributed by atoms with E-state index in [1.165, 1.54) is 12.8 Å². The number of amides is 1. The van der Waals surface area contributed by atoms with Crippen LogP contribution >= 0.6 is 0 Å². The highest BCUT2D eigenvalue weighted by atomic mass is 16.5. The Kier molecular flexibility index (Phi) is 6.88. The van der Waals surface area contributed by atoms with Gasteiger partial charge in [-0.15, -0.1) is 0 Å². The van der Waals surface area contributed by atoms with Gasteiger partial charge in [-0.3, -0.25) is 4.79 Å². The summed E-state index contributed by atoms with van der Waals surface area (Å²) in [5.41, 5.74) is 2.22. The van der Waals surface area contributed by atoms with Crippen LogP contribution in [-0.2, 0) is 9.53 Å². The summed E-state index contributed by atoms with van der Waals surface area (Å²) >= 11 is 0. The van der Waals surface area contributed by atoms with Crippen LogP contribution in [0, 0.1) is 13.8 Å². The molecule has 1 aromatic carbocycles. The van der Waals surface area contributed by atoms with Crippen molar-refractivity contribution < 1.29 is 14.3 Å². The third-order valence-corrected chi connectivity index (χ3v) is 5.33. The first-order chi connectivity index (χ1) is 11.9. The van der Waals surface area contributed by atoms with Gasteiger partial charge in [0, 0.05) is 12.8 Å². The number of hydrogen-bond acceptors (Lipinski definition) is 3. The monoisotopic (exact) mass is 347 g/mol. The number of carbonyl (C=O) groups is 1. The Morgan fingerprint density at radius 2 is 1.72 bits per heavy atom. The summed E-state index contributed by atoms with van der Waals surface area (Å²) in [4.78, 5) is 12.9. The van der Waals surface area contributed by atoms with Crippen molar-refractivity contribution in [1.82, 2.24) is 0 Å². The maximum Gasteiger partial charge on any atom is 0.256 e. The molecule has 2 rings (SSSR count). The van der Waals surface area contributed by atoms with Gasteiger partial charge in [0.25, 0.3) is 5.91 Å². The molecule has 1 fully saturated rings. The minimum absolute atomic E-state index is 0.0219. The molecule has 0 unspecified atom stereocenters. The molecule has 4 nitrogen and oxygen atoms in total. The van der Waals surface area contributed by atoms with Crippen LogP contribution in [-0.4, -0.2) is 24.7 Å². The van der Waals surface area contributed by atoms with Crippen LogP contribution in [0.5, 0.6) is 5.75 Å². The summed E-state index contributed by atoms with van der Waals surface area (Å²) in [5.74, 6) is 0.898. The van der Waals surface area contributed by atoms with Crippen LogP contribution in [0.1, 0.15) is 69.9 Å². The molecule has 1 aliphatic carbocycles. The highest BCUT2D eigenvalue weighted by molar-refractivity contribution is 5.97. The zero-order chi connectivity index (χ0) is 18.4. The van der Waals surface area contributed by atoms with Crippen LogP contribution < -0.4 is 10.1 Å². The average Bonchev–Trinajstić information content (AvgIpc) is 2.84. The van der Waals surface area contributed by atoms with E-state index in [1.807, 2.05) is 26.0 Å². The van der Waals surface area contributed by atoms with Crippen molar-refractivity contribution in [2.24, 2.45) is 0 Å². The minimum Gasteiger partial charge on any atom is -0.490 e. The number of nitrogens with one attached hydrogen (secondary N) is 1. The average molecular weight is 347 g/mol. The smallest absolute Gasteiger partial charge is 0.256 e. The predicted molar refractivity (Wildman–Crippen MR) is 102 cm³/mol. The van der Waals surface area contributed by atoms with Gasteiger partial charge in [-0.1, -0.05) is 32.6 Å². The van der Waals surface area contributed by atoms with E-state index >= 15 is 0 Å². The Morgan fingerprint density at radius 1 is 1.16 bits per heavy atom. The summed E-state index contributed by atoms with van der Waals surface area (Å²) in [6.45, 7) is 8.24. The second-order valence-corrected chi connectivity index (χ2v) is 7.34. The maximum atomic E-state index is 12.9. The van der Waals surface area contributed by atoms with Crippen LogP contribution in [0.15, 0.2) is 12.1 Å². The van der Waals surface area contributed by atoms with E-state index in [1.54, 1.807) is 7.11 Å². The quantitative estimate of drug-likeness (QED) is 0.723. The number of aryl methyl sites for hydroxylation is 2. The van der Waals surface area contributed by atoms with E-state index in [2.05, 4.69) is 19.2 Å². The van der Waals surface area contributed by atoms with Crippen LogP contribution in [0.3, 0.4) is 0 Å². The van der Waals surface area contributed by atoms with Gasteiger partial charge in [-0.2, -0.15) is 0 Å². The van der Waals surface area contributed by atoms with Crippen molar-refractivity contribution in [2.75, 3.05) is 12.4 Å². The summed E-state index contributed by atoms with van der Waals surface area (Å²) < 4.78 is 11.7. The maximum absolute atomic E-state index is 12.9. The fraction of sp³-hybridized carbons (Fsp3) is 0.667. The molecule has 1 saturated carbocycles. The standard InChI is InChI=1S/C21H33NO3/c1-6-17(4)25-19-15(2)13-18(14-16(19)3)22-20(23)21(24-5)11-9-7-8-10-12-21/h13-14,17H,6-12H2,1-5H3,(H,22,23)/t17-/m0/s1. The van der Waals surface area contributed by atoms with Crippen LogP contribution in [0.4, 0.5) is 5.69 Å². The number of benzene rings is 1. The van der Waals surface area contributed by atoms with Crippen LogP contribution in [0.25, 0.3) is 0 Å². The molecule has 0 saturated heterocycles. The number of hydrogen-bond donors (Lipinski definition) is 1. The molecule has 0 aliphatic heterocycles. The van der Waals surface area contributed by atoms with Gasteiger partial charge in [0.05, 0.1) is 6.10 Å². The Bertz CT molecular complexity index is 566.